The highest BCUT2D eigenvalue weighted by Crippen LogP contribution is 2.41. The fraction of sp³-hybridized carbons (Fsp3) is 0.409. The molecule has 1 aromatic heterocycles. The first-order chi connectivity index (χ1) is 12.7. The molecule has 0 spiro atoms. The van der Waals surface area contributed by atoms with Crippen molar-refractivity contribution in [3.8, 4) is 0 Å². The Hall–Kier alpha value is -2.20. The van der Waals surface area contributed by atoms with Gasteiger partial charge < -0.3 is 4.98 Å². The average molecular weight is 352 g/mol. The van der Waals surface area contributed by atoms with E-state index in [4.69, 9.17) is 0 Å². The first-order valence-corrected chi connectivity index (χ1v) is 9.52. The zero-order valence-electron chi connectivity index (χ0n) is 14.9. The van der Waals surface area contributed by atoms with E-state index in [1.54, 1.807) is 12.3 Å². The number of pyridine rings is 1. The van der Waals surface area contributed by atoms with E-state index in [0.29, 0.717) is 29.9 Å². The quantitative estimate of drug-likeness (QED) is 0.900. The number of benzene rings is 1. The summed E-state index contributed by atoms with van der Waals surface area (Å²) in [5.74, 6) is 1.53. The molecule has 1 saturated carbocycles. The molecule has 4 heteroatoms. The van der Waals surface area contributed by atoms with Gasteiger partial charge in [0.25, 0.3) is 5.56 Å². The Morgan fingerprint density at radius 1 is 1.12 bits per heavy atom. The Kier molecular flexibility index (Phi) is 5.02. The van der Waals surface area contributed by atoms with E-state index in [-0.39, 0.29) is 11.4 Å². The van der Waals surface area contributed by atoms with Gasteiger partial charge in [-0.05, 0) is 42.7 Å². The number of H-pyrrole nitrogens is 1. The number of hydrogen-bond acceptors (Lipinski definition) is 2. The van der Waals surface area contributed by atoms with Crippen molar-refractivity contribution in [1.82, 2.24) is 9.88 Å². The summed E-state index contributed by atoms with van der Waals surface area (Å²) in [6.45, 7) is 2.74. The molecular formula is C22H25FN2O. The molecule has 4 rings (SSSR count). The third kappa shape index (κ3) is 3.65. The second-order valence-corrected chi connectivity index (χ2v) is 7.63. The van der Waals surface area contributed by atoms with Crippen molar-refractivity contribution in [1.29, 1.82) is 0 Å². The predicted octanol–water partition coefficient (Wildman–Crippen LogP) is 4.08. The van der Waals surface area contributed by atoms with Crippen LogP contribution in [-0.2, 0) is 6.54 Å². The van der Waals surface area contributed by atoms with E-state index in [2.05, 4.69) is 16.0 Å². The van der Waals surface area contributed by atoms with Crippen molar-refractivity contribution in [3.05, 3.63) is 76.0 Å². The van der Waals surface area contributed by atoms with Crippen LogP contribution >= 0.6 is 0 Å². The van der Waals surface area contributed by atoms with E-state index in [1.165, 1.54) is 25.3 Å². The molecule has 1 aliphatic carbocycles. The Morgan fingerprint density at radius 3 is 2.62 bits per heavy atom. The molecule has 0 amide bonds. The van der Waals surface area contributed by atoms with Gasteiger partial charge >= 0.3 is 0 Å². The molecule has 2 aromatic rings. The second kappa shape index (κ2) is 7.58. The highest BCUT2D eigenvalue weighted by molar-refractivity contribution is 5.50. The minimum absolute atomic E-state index is 0.0132. The summed E-state index contributed by atoms with van der Waals surface area (Å²) in [4.78, 5) is 17.2. The SMILES string of the molecule is O=c1[nH]cccc1CN1CC2CCCC(C1)C2/C=C/c1ccccc1F. The third-order valence-corrected chi connectivity index (χ3v) is 5.92. The van der Waals surface area contributed by atoms with Crippen LogP contribution in [0, 0.1) is 23.6 Å². The summed E-state index contributed by atoms with van der Waals surface area (Å²) in [7, 11) is 0. The lowest BCUT2D eigenvalue weighted by Crippen LogP contribution is -2.47. The second-order valence-electron chi connectivity index (χ2n) is 7.63. The number of likely N-dealkylation sites (tertiary alicyclic amines) is 1. The van der Waals surface area contributed by atoms with Crippen LogP contribution in [0.5, 0.6) is 0 Å². The summed E-state index contributed by atoms with van der Waals surface area (Å²) >= 11 is 0. The van der Waals surface area contributed by atoms with E-state index in [9.17, 15) is 9.18 Å². The van der Waals surface area contributed by atoms with Gasteiger partial charge in [-0.3, -0.25) is 9.69 Å². The number of allylic oxidation sites excluding steroid dienone is 1. The lowest BCUT2D eigenvalue weighted by molar-refractivity contribution is 0.0419. The molecular weight excluding hydrogens is 327 g/mol. The molecule has 2 fully saturated rings. The number of aromatic amines is 1. The number of piperidine rings is 1. The molecule has 1 N–H and O–H groups in total. The van der Waals surface area contributed by atoms with Crippen molar-refractivity contribution < 1.29 is 4.39 Å². The maximum atomic E-state index is 13.9. The number of hydrogen-bond donors (Lipinski definition) is 1. The molecule has 1 saturated heterocycles. The topological polar surface area (TPSA) is 36.1 Å². The Balaban J connectivity index is 1.48. The molecule has 26 heavy (non-hydrogen) atoms. The standard InChI is InChI=1S/C22H25FN2O/c23-21-9-2-1-5-16(21)10-11-20-17-6-3-7-18(20)14-25(13-17)15-19-8-4-12-24-22(19)26/h1-2,4-5,8-12,17-18,20H,3,6-7,13-15H2,(H,24,26)/b11-10+. The van der Waals surface area contributed by atoms with Crippen molar-refractivity contribution in [3.63, 3.8) is 0 Å². The van der Waals surface area contributed by atoms with E-state index < -0.39 is 0 Å². The van der Waals surface area contributed by atoms with Gasteiger partial charge in [-0.15, -0.1) is 0 Å². The average Bonchev–Trinajstić information content (AvgIpc) is 2.63. The van der Waals surface area contributed by atoms with Crippen molar-refractivity contribution in [2.24, 2.45) is 17.8 Å². The molecule has 1 aliphatic heterocycles. The predicted molar refractivity (Wildman–Crippen MR) is 102 cm³/mol. The van der Waals surface area contributed by atoms with Gasteiger partial charge in [-0.1, -0.05) is 42.8 Å². The maximum absolute atomic E-state index is 13.9. The number of nitrogens with one attached hydrogen (secondary N) is 1. The van der Waals surface area contributed by atoms with Crippen LogP contribution in [0.3, 0.4) is 0 Å². The van der Waals surface area contributed by atoms with Crippen molar-refractivity contribution in [2.75, 3.05) is 13.1 Å². The van der Waals surface area contributed by atoms with Crippen LogP contribution in [0.1, 0.15) is 30.4 Å². The Labute approximate surface area is 153 Å². The van der Waals surface area contributed by atoms with Gasteiger partial charge in [0.1, 0.15) is 5.82 Å². The molecule has 3 nitrogen and oxygen atoms in total. The Morgan fingerprint density at radius 2 is 1.88 bits per heavy atom. The number of halogens is 1. The summed E-state index contributed by atoms with van der Waals surface area (Å²) in [5.41, 5.74) is 1.52. The summed E-state index contributed by atoms with van der Waals surface area (Å²) in [6.07, 6.45) is 9.58. The molecule has 2 aliphatic rings. The normalized spacial score (nSPS) is 26.3. The number of rotatable bonds is 4. The van der Waals surface area contributed by atoms with Crippen molar-refractivity contribution in [2.45, 2.75) is 25.8 Å². The van der Waals surface area contributed by atoms with Gasteiger partial charge in [0.2, 0.25) is 0 Å². The third-order valence-electron chi connectivity index (χ3n) is 5.92. The minimum Gasteiger partial charge on any atom is -0.329 e. The lowest BCUT2D eigenvalue weighted by atomic mass is 9.68. The molecule has 2 unspecified atom stereocenters. The van der Waals surface area contributed by atoms with Gasteiger partial charge in [-0.25, -0.2) is 4.39 Å². The van der Waals surface area contributed by atoms with Gasteiger partial charge in [0, 0.05) is 37.0 Å². The Bertz CT molecular complexity index is 830. The number of aromatic nitrogens is 1. The largest absolute Gasteiger partial charge is 0.329 e. The molecule has 2 atom stereocenters. The van der Waals surface area contributed by atoms with Crippen LogP contribution < -0.4 is 5.56 Å². The number of fused-ring (bicyclic) bond motifs is 2. The molecule has 2 bridgehead atoms. The molecule has 2 heterocycles. The maximum Gasteiger partial charge on any atom is 0.252 e. The monoisotopic (exact) mass is 352 g/mol. The van der Waals surface area contributed by atoms with Crippen LogP contribution in [0.25, 0.3) is 6.08 Å². The van der Waals surface area contributed by atoms with E-state index >= 15 is 0 Å². The van der Waals surface area contributed by atoms with Crippen LogP contribution in [0.4, 0.5) is 4.39 Å². The van der Waals surface area contributed by atoms with Crippen molar-refractivity contribution >= 4 is 6.08 Å². The first kappa shape index (κ1) is 17.2. The smallest absolute Gasteiger partial charge is 0.252 e. The summed E-state index contributed by atoms with van der Waals surface area (Å²) < 4.78 is 13.9. The highest BCUT2D eigenvalue weighted by atomic mass is 19.1. The lowest BCUT2D eigenvalue weighted by Gasteiger charge is -2.46. The van der Waals surface area contributed by atoms with E-state index in [0.717, 1.165) is 18.7 Å². The molecule has 136 valence electrons. The van der Waals surface area contributed by atoms with Gasteiger partial charge in [-0.2, -0.15) is 0 Å². The van der Waals surface area contributed by atoms with Crippen LogP contribution in [-0.4, -0.2) is 23.0 Å². The summed E-state index contributed by atoms with van der Waals surface area (Å²) in [5, 5.41) is 0. The number of nitrogens with zero attached hydrogens (tertiary/aromatic N) is 1. The minimum atomic E-state index is -0.158. The zero-order chi connectivity index (χ0) is 17.9. The van der Waals surface area contributed by atoms with Gasteiger partial charge in [0.15, 0.2) is 0 Å². The zero-order valence-corrected chi connectivity index (χ0v) is 14.9. The van der Waals surface area contributed by atoms with E-state index in [1.807, 2.05) is 30.3 Å². The summed E-state index contributed by atoms with van der Waals surface area (Å²) in [6, 6.07) is 10.8. The fourth-order valence-corrected chi connectivity index (χ4v) is 4.67. The molecule has 0 radical (unpaired) electrons. The first-order valence-electron chi connectivity index (χ1n) is 9.52. The van der Waals surface area contributed by atoms with Gasteiger partial charge in [0.05, 0.1) is 0 Å². The van der Waals surface area contributed by atoms with Crippen LogP contribution in [0.15, 0.2) is 53.5 Å². The fourth-order valence-electron chi connectivity index (χ4n) is 4.67. The molecule has 1 aromatic carbocycles. The van der Waals surface area contributed by atoms with Crippen LogP contribution in [0.2, 0.25) is 0 Å². The highest BCUT2D eigenvalue weighted by Gasteiger charge is 2.37.